The number of benzene rings is 1. The monoisotopic (exact) mass is 447 g/mol. The van der Waals surface area contributed by atoms with Crippen LogP contribution in [0.15, 0.2) is 36.8 Å². The number of carbonyl (C=O) groups is 1. The highest BCUT2D eigenvalue weighted by molar-refractivity contribution is 5.76. The number of hydrogen-bond donors (Lipinski definition) is 4. The molecule has 0 fully saturated rings. The van der Waals surface area contributed by atoms with E-state index in [-0.39, 0.29) is 48.9 Å². The fourth-order valence-electron chi connectivity index (χ4n) is 2.75. The van der Waals surface area contributed by atoms with Gasteiger partial charge in [0.2, 0.25) is 11.9 Å². The second kappa shape index (κ2) is 10.5. The van der Waals surface area contributed by atoms with Crippen LogP contribution in [0.2, 0.25) is 0 Å². The van der Waals surface area contributed by atoms with Gasteiger partial charge in [0.05, 0.1) is 25.6 Å². The maximum Gasteiger partial charge on any atom is 0.242 e. The molecule has 2 heterocycles. The van der Waals surface area contributed by atoms with E-state index in [9.17, 15) is 13.6 Å². The zero-order valence-corrected chi connectivity index (χ0v) is 17.5. The van der Waals surface area contributed by atoms with Crippen LogP contribution in [0.25, 0.3) is 0 Å². The molecule has 3 rings (SSSR count). The molecule has 32 heavy (non-hydrogen) atoms. The maximum absolute atomic E-state index is 14.3. The second-order valence-corrected chi connectivity index (χ2v) is 6.86. The van der Waals surface area contributed by atoms with Crippen molar-refractivity contribution in [1.29, 1.82) is 0 Å². The van der Waals surface area contributed by atoms with Crippen molar-refractivity contribution in [2.45, 2.75) is 26.1 Å². The minimum absolute atomic E-state index is 0.0217. The van der Waals surface area contributed by atoms with E-state index >= 15 is 0 Å². The number of carbonyl (C=O) groups excluding carboxylic acids is 1. The lowest BCUT2D eigenvalue weighted by Gasteiger charge is -2.11. The lowest BCUT2D eigenvalue weighted by atomic mass is 10.2. The van der Waals surface area contributed by atoms with Crippen LogP contribution in [-0.2, 0) is 17.9 Å². The molecule has 170 valence electrons. The summed E-state index contributed by atoms with van der Waals surface area (Å²) in [5.74, 6) is -1.26. The normalized spacial score (nSPS) is 11.7. The Morgan fingerprint density at radius 3 is 2.88 bits per heavy atom. The van der Waals surface area contributed by atoms with Gasteiger partial charge in [-0.25, -0.2) is 13.8 Å². The minimum Gasteiger partial charge on any atom is -0.494 e. The Hall–Kier alpha value is -3.80. The van der Waals surface area contributed by atoms with Crippen LogP contribution < -0.4 is 20.7 Å². The number of nitrogens with one attached hydrogen (secondary N) is 3. The summed E-state index contributed by atoms with van der Waals surface area (Å²) in [4.78, 5) is 20.2. The molecule has 12 heteroatoms. The quantitative estimate of drug-likeness (QED) is 0.371. The molecular weight excluding hydrogens is 424 g/mol. The molecule has 1 atom stereocenters. The van der Waals surface area contributed by atoms with Gasteiger partial charge in [-0.2, -0.15) is 10.1 Å². The number of methoxy groups -OCH3 is 1. The van der Waals surface area contributed by atoms with Gasteiger partial charge in [0, 0.05) is 30.5 Å². The van der Waals surface area contributed by atoms with Gasteiger partial charge in [-0.15, -0.1) is 0 Å². The van der Waals surface area contributed by atoms with E-state index in [1.165, 1.54) is 30.3 Å². The molecular formula is C20H23F2N7O3. The SMILES string of the molecule is COc1ccc(F)c(CNc2ccnc(Nc3cnn(CC(=O)N[C@H](C)CO)c3)n2)c1F. The molecule has 0 radical (unpaired) electrons. The average Bonchev–Trinajstić information content (AvgIpc) is 3.20. The first-order valence-electron chi connectivity index (χ1n) is 9.67. The number of halogens is 2. The molecule has 0 spiro atoms. The third kappa shape index (κ3) is 5.88. The lowest BCUT2D eigenvalue weighted by molar-refractivity contribution is -0.122. The maximum atomic E-state index is 14.3. The number of aromatic nitrogens is 4. The topological polar surface area (TPSA) is 126 Å². The number of rotatable bonds is 10. The number of aliphatic hydroxyl groups is 1. The van der Waals surface area contributed by atoms with E-state index < -0.39 is 11.6 Å². The highest BCUT2D eigenvalue weighted by Gasteiger charge is 2.14. The standard InChI is InChI=1S/C20H23F2N7O3/c1-12(11-30)26-18(31)10-29-9-13(7-25-29)27-20-23-6-5-17(28-20)24-8-14-15(21)3-4-16(32-2)19(14)22/h3-7,9,12,30H,8,10-11H2,1-2H3,(H,26,31)(H2,23,24,27,28)/t12-/m1/s1. The average molecular weight is 447 g/mol. The first-order valence-corrected chi connectivity index (χ1v) is 9.67. The Bertz CT molecular complexity index is 1080. The van der Waals surface area contributed by atoms with Gasteiger partial charge < -0.3 is 25.8 Å². The van der Waals surface area contributed by atoms with Crippen LogP contribution in [0.4, 0.5) is 26.2 Å². The van der Waals surface area contributed by atoms with Crippen molar-refractivity contribution >= 4 is 23.4 Å². The van der Waals surface area contributed by atoms with E-state index in [1.54, 1.807) is 19.2 Å². The Kier molecular flexibility index (Phi) is 7.49. The van der Waals surface area contributed by atoms with Gasteiger partial charge in [0.25, 0.3) is 0 Å². The Balaban J connectivity index is 1.62. The van der Waals surface area contributed by atoms with Crippen LogP contribution in [0.3, 0.4) is 0 Å². The molecule has 0 saturated heterocycles. The highest BCUT2D eigenvalue weighted by atomic mass is 19.1. The number of nitrogens with zero attached hydrogens (tertiary/aromatic N) is 4. The van der Waals surface area contributed by atoms with Gasteiger partial charge in [-0.3, -0.25) is 9.48 Å². The fourth-order valence-corrected chi connectivity index (χ4v) is 2.75. The third-order valence-corrected chi connectivity index (χ3v) is 4.35. The summed E-state index contributed by atoms with van der Waals surface area (Å²) in [7, 11) is 1.31. The summed E-state index contributed by atoms with van der Waals surface area (Å²) in [5, 5.41) is 21.5. The molecule has 1 amide bonds. The van der Waals surface area contributed by atoms with Gasteiger partial charge in [-0.05, 0) is 25.1 Å². The summed E-state index contributed by atoms with van der Waals surface area (Å²) in [6.45, 7) is 1.36. The van der Waals surface area contributed by atoms with E-state index in [0.717, 1.165) is 6.07 Å². The zero-order valence-electron chi connectivity index (χ0n) is 17.5. The van der Waals surface area contributed by atoms with Crippen LogP contribution in [0.1, 0.15) is 12.5 Å². The van der Waals surface area contributed by atoms with E-state index in [0.29, 0.717) is 11.5 Å². The van der Waals surface area contributed by atoms with Crippen LogP contribution in [-0.4, -0.2) is 50.5 Å². The van der Waals surface area contributed by atoms with Gasteiger partial charge in [0.15, 0.2) is 11.6 Å². The summed E-state index contributed by atoms with van der Waals surface area (Å²) in [6, 6.07) is 3.56. The molecule has 4 N–H and O–H groups in total. The summed E-state index contributed by atoms with van der Waals surface area (Å²) in [6.07, 6.45) is 4.56. The van der Waals surface area contributed by atoms with Crippen molar-refractivity contribution < 1.29 is 23.4 Å². The van der Waals surface area contributed by atoms with Crippen molar-refractivity contribution in [2.24, 2.45) is 0 Å². The number of amides is 1. The molecule has 0 bridgehead atoms. The third-order valence-electron chi connectivity index (χ3n) is 4.35. The number of aliphatic hydroxyl groups excluding tert-OH is 1. The van der Waals surface area contributed by atoms with E-state index in [4.69, 9.17) is 9.84 Å². The molecule has 1 aromatic carbocycles. The molecule has 0 saturated carbocycles. The first-order chi connectivity index (χ1) is 15.4. The van der Waals surface area contributed by atoms with Crippen molar-refractivity contribution in [3.05, 3.63) is 54.0 Å². The first kappa shape index (κ1) is 22.9. The second-order valence-electron chi connectivity index (χ2n) is 6.86. The number of anilines is 3. The molecule has 0 aliphatic carbocycles. The van der Waals surface area contributed by atoms with Crippen LogP contribution >= 0.6 is 0 Å². The van der Waals surface area contributed by atoms with Crippen molar-refractivity contribution in [3.63, 3.8) is 0 Å². The minimum atomic E-state index is -0.780. The van der Waals surface area contributed by atoms with Gasteiger partial charge in [-0.1, -0.05) is 0 Å². The lowest BCUT2D eigenvalue weighted by Crippen LogP contribution is -2.37. The molecule has 0 unspecified atom stereocenters. The molecule has 2 aromatic heterocycles. The Morgan fingerprint density at radius 2 is 2.12 bits per heavy atom. The highest BCUT2D eigenvalue weighted by Crippen LogP contribution is 2.24. The zero-order chi connectivity index (χ0) is 23.1. The molecule has 10 nitrogen and oxygen atoms in total. The van der Waals surface area contributed by atoms with Crippen molar-refractivity contribution in [2.75, 3.05) is 24.4 Å². The van der Waals surface area contributed by atoms with Crippen molar-refractivity contribution in [1.82, 2.24) is 25.1 Å². The van der Waals surface area contributed by atoms with Crippen molar-refractivity contribution in [3.8, 4) is 5.75 Å². The van der Waals surface area contributed by atoms with Crippen LogP contribution in [0.5, 0.6) is 5.75 Å². The van der Waals surface area contributed by atoms with E-state index in [2.05, 4.69) is 31.0 Å². The predicted octanol–water partition coefficient (Wildman–Crippen LogP) is 1.81. The summed E-state index contributed by atoms with van der Waals surface area (Å²) in [5.41, 5.74) is 0.364. The molecule has 0 aliphatic heterocycles. The smallest absolute Gasteiger partial charge is 0.242 e. The summed E-state index contributed by atoms with van der Waals surface area (Å²) >= 11 is 0. The van der Waals surface area contributed by atoms with Crippen LogP contribution in [0, 0.1) is 11.6 Å². The number of ether oxygens (including phenoxy) is 1. The van der Waals surface area contributed by atoms with Gasteiger partial charge >= 0.3 is 0 Å². The Labute approximate surface area is 182 Å². The van der Waals surface area contributed by atoms with Gasteiger partial charge in [0.1, 0.15) is 18.2 Å². The predicted molar refractivity (Wildman–Crippen MR) is 112 cm³/mol. The molecule has 3 aromatic rings. The Morgan fingerprint density at radius 1 is 1.31 bits per heavy atom. The van der Waals surface area contributed by atoms with E-state index in [1.807, 2.05) is 0 Å². The summed E-state index contributed by atoms with van der Waals surface area (Å²) < 4.78 is 34.6. The molecule has 0 aliphatic rings. The largest absolute Gasteiger partial charge is 0.494 e. The number of hydrogen-bond acceptors (Lipinski definition) is 8. The fraction of sp³-hybridized carbons (Fsp3) is 0.300.